The van der Waals surface area contributed by atoms with Gasteiger partial charge in [0.1, 0.15) is 18.1 Å². The van der Waals surface area contributed by atoms with Crippen molar-refractivity contribution in [1.29, 1.82) is 0 Å². The first-order chi connectivity index (χ1) is 13.1. The van der Waals surface area contributed by atoms with Crippen molar-refractivity contribution in [3.05, 3.63) is 40.6 Å². The van der Waals surface area contributed by atoms with Crippen LogP contribution in [0.1, 0.15) is 25.1 Å². The number of amides is 1. The average molecular weight is 371 g/mol. The number of nitrogens with zero attached hydrogens (tertiary/aromatic N) is 5. The van der Waals surface area contributed by atoms with E-state index in [1.807, 2.05) is 12.1 Å². The standard InChI is InChI=1S/C19H25N5O3/c25-16-7-4-3-6-15(16)21-10-12-22(13-11-21)18(26)14-24-19(27)23-9-5-1-2-8-17(23)20-24/h3-4,6-7,25H,1-2,5,8-14H2. The van der Waals surface area contributed by atoms with Crippen LogP contribution in [0.4, 0.5) is 5.69 Å². The summed E-state index contributed by atoms with van der Waals surface area (Å²) in [6.07, 6.45) is 3.94. The van der Waals surface area contributed by atoms with E-state index < -0.39 is 0 Å². The van der Waals surface area contributed by atoms with Crippen molar-refractivity contribution in [3.63, 3.8) is 0 Å². The van der Waals surface area contributed by atoms with Crippen LogP contribution < -0.4 is 10.6 Å². The number of aromatic nitrogens is 3. The van der Waals surface area contributed by atoms with Crippen molar-refractivity contribution in [2.75, 3.05) is 31.1 Å². The van der Waals surface area contributed by atoms with Crippen molar-refractivity contribution in [2.24, 2.45) is 0 Å². The summed E-state index contributed by atoms with van der Waals surface area (Å²) in [6.45, 7) is 3.12. The first kappa shape index (κ1) is 17.6. The fourth-order valence-corrected chi connectivity index (χ4v) is 3.88. The lowest BCUT2D eigenvalue weighted by Crippen LogP contribution is -2.50. The minimum absolute atomic E-state index is 0.00454. The number of para-hydroxylation sites is 2. The Morgan fingerprint density at radius 3 is 2.59 bits per heavy atom. The van der Waals surface area contributed by atoms with Gasteiger partial charge in [0.05, 0.1) is 5.69 Å². The van der Waals surface area contributed by atoms with E-state index in [4.69, 9.17) is 0 Å². The van der Waals surface area contributed by atoms with Gasteiger partial charge in [-0.3, -0.25) is 9.36 Å². The van der Waals surface area contributed by atoms with Crippen LogP contribution in [-0.2, 0) is 24.3 Å². The van der Waals surface area contributed by atoms with E-state index in [0.717, 1.165) is 37.2 Å². The number of benzene rings is 1. The maximum Gasteiger partial charge on any atom is 0.346 e. The largest absolute Gasteiger partial charge is 0.506 e. The molecule has 0 aliphatic carbocycles. The summed E-state index contributed by atoms with van der Waals surface area (Å²) >= 11 is 0. The molecule has 8 nitrogen and oxygen atoms in total. The van der Waals surface area contributed by atoms with Crippen LogP contribution in [0.25, 0.3) is 0 Å². The summed E-state index contributed by atoms with van der Waals surface area (Å²) in [5.41, 5.74) is 0.617. The van der Waals surface area contributed by atoms with Crippen molar-refractivity contribution in [1.82, 2.24) is 19.2 Å². The Bertz CT molecular complexity index is 880. The van der Waals surface area contributed by atoms with Gasteiger partial charge in [-0.2, -0.15) is 5.10 Å². The van der Waals surface area contributed by atoms with Gasteiger partial charge < -0.3 is 14.9 Å². The molecule has 1 aromatic heterocycles. The van der Waals surface area contributed by atoms with Crippen LogP contribution in [0.5, 0.6) is 5.75 Å². The number of hydrogen-bond donors (Lipinski definition) is 1. The van der Waals surface area contributed by atoms with Gasteiger partial charge in [0.15, 0.2) is 0 Å². The molecule has 0 atom stereocenters. The van der Waals surface area contributed by atoms with E-state index in [1.54, 1.807) is 21.6 Å². The fraction of sp³-hybridized carbons (Fsp3) is 0.526. The van der Waals surface area contributed by atoms with Gasteiger partial charge in [0.25, 0.3) is 0 Å². The summed E-state index contributed by atoms with van der Waals surface area (Å²) in [5.74, 6) is 0.973. The van der Waals surface area contributed by atoms with Crippen LogP contribution in [0, 0.1) is 0 Å². The molecule has 2 aromatic rings. The van der Waals surface area contributed by atoms with E-state index in [0.29, 0.717) is 32.7 Å². The third kappa shape index (κ3) is 3.56. The second-order valence-electron chi connectivity index (χ2n) is 7.18. The summed E-state index contributed by atoms with van der Waals surface area (Å²) < 4.78 is 3.04. The van der Waals surface area contributed by atoms with Crippen LogP contribution in [0.15, 0.2) is 29.1 Å². The number of aromatic hydroxyl groups is 1. The normalized spacial score (nSPS) is 17.5. The third-order valence-electron chi connectivity index (χ3n) is 5.42. The van der Waals surface area contributed by atoms with Crippen LogP contribution >= 0.6 is 0 Å². The lowest BCUT2D eigenvalue weighted by molar-refractivity contribution is -0.132. The quantitative estimate of drug-likeness (QED) is 0.864. The molecular weight excluding hydrogens is 346 g/mol. The predicted molar refractivity (Wildman–Crippen MR) is 101 cm³/mol. The number of anilines is 1. The van der Waals surface area contributed by atoms with Gasteiger partial charge in [0.2, 0.25) is 5.91 Å². The number of fused-ring (bicyclic) bond motifs is 1. The van der Waals surface area contributed by atoms with Crippen molar-refractivity contribution < 1.29 is 9.90 Å². The number of piperazine rings is 1. The Kier molecular flexibility index (Phi) is 4.87. The summed E-state index contributed by atoms with van der Waals surface area (Å²) in [7, 11) is 0. The number of aryl methyl sites for hydroxylation is 1. The molecule has 2 aliphatic rings. The molecule has 1 amide bonds. The van der Waals surface area contributed by atoms with Crippen LogP contribution in [0.3, 0.4) is 0 Å². The van der Waals surface area contributed by atoms with E-state index in [1.165, 1.54) is 4.68 Å². The minimum atomic E-state index is -0.173. The molecule has 0 radical (unpaired) electrons. The smallest absolute Gasteiger partial charge is 0.346 e. The molecule has 1 fully saturated rings. The minimum Gasteiger partial charge on any atom is -0.506 e. The molecule has 2 aliphatic heterocycles. The molecule has 3 heterocycles. The highest BCUT2D eigenvalue weighted by atomic mass is 16.3. The van der Waals surface area contributed by atoms with Crippen LogP contribution in [-0.4, -0.2) is 56.4 Å². The molecule has 27 heavy (non-hydrogen) atoms. The molecule has 1 saturated heterocycles. The van der Waals surface area contributed by atoms with Crippen molar-refractivity contribution in [2.45, 2.75) is 38.8 Å². The molecule has 8 heteroatoms. The Balaban J connectivity index is 1.39. The molecule has 1 aromatic carbocycles. The number of carbonyl (C=O) groups is 1. The van der Waals surface area contributed by atoms with E-state index in [9.17, 15) is 14.7 Å². The first-order valence-electron chi connectivity index (χ1n) is 9.61. The van der Waals surface area contributed by atoms with Gasteiger partial charge >= 0.3 is 5.69 Å². The first-order valence-corrected chi connectivity index (χ1v) is 9.61. The van der Waals surface area contributed by atoms with Gasteiger partial charge in [-0.15, -0.1) is 0 Å². The molecule has 4 rings (SSSR count). The summed E-state index contributed by atoms with van der Waals surface area (Å²) in [6, 6.07) is 7.23. The van der Waals surface area contributed by atoms with Gasteiger partial charge in [-0.1, -0.05) is 18.6 Å². The molecule has 0 unspecified atom stereocenters. The molecule has 1 N–H and O–H groups in total. The predicted octanol–water partition coefficient (Wildman–Crippen LogP) is 0.826. The maximum atomic E-state index is 12.7. The van der Waals surface area contributed by atoms with Crippen LogP contribution in [0.2, 0.25) is 0 Å². The van der Waals surface area contributed by atoms with Crippen molar-refractivity contribution >= 4 is 11.6 Å². The van der Waals surface area contributed by atoms with Crippen molar-refractivity contribution in [3.8, 4) is 5.75 Å². The Morgan fingerprint density at radius 2 is 1.81 bits per heavy atom. The second kappa shape index (κ2) is 7.46. The fourth-order valence-electron chi connectivity index (χ4n) is 3.88. The molecule has 144 valence electrons. The summed E-state index contributed by atoms with van der Waals surface area (Å²) in [4.78, 5) is 29.0. The monoisotopic (exact) mass is 371 g/mol. The lowest BCUT2D eigenvalue weighted by Gasteiger charge is -2.36. The third-order valence-corrected chi connectivity index (χ3v) is 5.42. The maximum absolute atomic E-state index is 12.7. The molecular formula is C19H25N5O3. The topological polar surface area (TPSA) is 83.6 Å². The Hall–Kier alpha value is -2.77. The highest BCUT2D eigenvalue weighted by molar-refractivity contribution is 5.76. The number of rotatable bonds is 3. The number of phenolic OH excluding ortho intramolecular Hbond substituents is 1. The van der Waals surface area contributed by atoms with E-state index in [-0.39, 0.29) is 23.9 Å². The summed E-state index contributed by atoms with van der Waals surface area (Å²) in [5, 5.41) is 14.4. The zero-order valence-corrected chi connectivity index (χ0v) is 15.4. The second-order valence-corrected chi connectivity index (χ2v) is 7.18. The van der Waals surface area contributed by atoms with Gasteiger partial charge in [-0.25, -0.2) is 9.48 Å². The number of phenols is 1. The highest BCUT2D eigenvalue weighted by Gasteiger charge is 2.24. The lowest BCUT2D eigenvalue weighted by atomic mass is 10.2. The van der Waals surface area contributed by atoms with E-state index >= 15 is 0 Å². The van der Waals surface area contributed by atoms with Gasteiger partial charge in [0, 0.05) is 39.1 Å². The van der Waals surface area contributed by atoms with E-state index in [2.05, 4.69) is 10.00 Å². The number of carbonyl (C=O) groups excluding carboxylic acids is 1. The Labute approximate surface area is 157 Å². The molecule has 0 saturated carbocycles. The Morgan fingerprint density at radius 1 is 1.04 bits per heavy atom. The average Bonchev–Trinajstić information content (AvgIpc) is 2.85. The number of hydrogen-bond acceptors (Lipinski definition) is 5. The molecule has 0 bridgehead atoms. The zero-order valence-electron chi connectivity index (χ0n) is 15.4. The highest BCUT2D eigenvalue weighted by Crippen LogP contribution is 2.27. The zero-order chi connectivity index (χ0) is 18.8. The SMILES string of the molecule is O=C(Cn1nc2n(c1=O)CCCCC2)N1CCN(c2ccccc2O)CC1. The molecule has 0 spiro atoms. The van der Waals surface area contributed by atoms with Gasteiger partial charge in [-0.05, 0) is 25.0 Å².